The zero-order valence-corrected chi connectivity index (χ0v) is 12.7. The Hall–Kier alpha value is -0.890. The van der Waals surface area contributed by atoms with Crippen LogP contribution < -0.4 is 0 Å². The lowest BCUT2D eigenvalue weighted by Gasteiger charge is -2.29. The molecule has 0 amide bonds. The fraction of sp³-hybridized carbons (Fsp3) is 0.467. The molecule has 4 heteroatoms. The molecule has 1 heterocycles. The number of nitrogens with zero attached hydrogens (tertiary/aromatic N) is 1. The molecule has 0 aromatic heterocycles. The largest absolute Gasteiger partial charge is 0.307 e. The molecular weight excluding hydrogens is 257 g/mol. The smallest absolute Gasteiger partial charge is 0.277 e. The van der Waals surface area contributed by atoms with Gasteiger partial charge in [0.1, 0.15) is 6.10 Å². The topological polar surface area (TPSA) is 29.5 Å². The summed E-state index contributed by atoms with van der Waals surface area (Å²) in [5, 5.41) is 0. The minimum absolute atomic E-state index is 0.105. The minimum Gasteiger partial charge on any atom is -0.307 e. The third-order valence-corrected chi connectivity index (χ3v) is 6.31. The lowest BCUT2D eigenvalue weighted by Crippen LogP contribution is -2.33. The van der Waals surface area contributed by atoms with Gasteiger partial charge < -0.3 is 4.52 Å². The van der Waals surface area contributed by atoms with Gasteiger partial charge in [0.25, 0.3) is 7.52 Å². The molecule has 0 spiro atoms. The average Bonchev–Trinajstić information content (AvgIpc) is 2.62. The molecule has 0 bridgehead atoms. The van der Waals surface area contributed by atoms with Crippen LogP contribution in [0.3, 0.4) is 0 Å². The van der Waals surface area contributed by atoms with E-state index in [1.807, 2.05) is 35.0 Å². The van der Waals surface area contributed by atoms with Gasteiger partial charge in [0.15, 0.2) is 0 Å². The monoisotopic (exact) mass is 279 g/mol. The summed E-state index contributed by atoms with van der Waals surface area (Å²) in [6.07, 6.45) is 1.96. The molecule has 2 rings (SSSR count). The second kappa shape index (κ2) is 5.62. The van der Waals surface area contributed by atoms with Crippen molar-refractivity contribution in [1.29, 1.82) is 0 Å². The predicted molar refractivity (Wildman–Crippen MR) is 79.4 cm³/mol. The summed E-state index contributed by atoms with van der Waals surface area (Å²) in [6, 6.07) is 10.3. The molecule has 1 aliphatic rings. The van der Waals surface area contributed by atoms with E-state index in [2.05, 4.69) is 27.4 Å². The zero-order valence-electron chi connectivity index (χ0n) is 11.8. The molecule has 3 nitrogen and oxygen atoms in total. The van der Waals surface area contributed by atoms with E-state index < -0.39 is 7.52 Å². The number of hydrogen-bond donors (Lipinski definition) is 0. The van der Waals surface area contributed by atoms with Crippen molar-refractivity contribution in [1.82, 2.24) is 4.67 Å². The summed E-state index contributed by atoms with van der Waals surface area (Å²) in [7, 11) is -2.80. The van der Waals surface area contributed by atoms with E-state index in [4.69, 9.17) is 4.52 Å². The summed E-state index contributed by atoms with van der Waals surface area (Å²) in [6.45, 7) is 9.91. The van der Waals surface area contributed by atoms with Gasteiger partial charge in [0.2, 0.25) is 0 Å². The van der Waals surface area contributed by atoms with E-state index in [1.54, 1.807) is 6.08 Å². The van der Waals surface area contributed by atoms with Gasteiger partial charge >= 0.3 is 0 Å². The maximum atomic E-state index is 13.0. The van der Waals surface area contributed by atoms with Crippen molar-refractivity contribution < 1.29 is 9.09 Å². The molecule has 0 saturated carbocycles. The van der Waals surface area contributed by atoms with Crippen LogP contribution in [0.15, 0.2) is 43.0 Å². The van der Waals surface area contributed by atoms with Crippen LogP contribution in [0.2, 0.25) is 0 Å². The van der Waals surface area contributed by atoms with Crippen LogP contribution in [0.25, 0.3) is 0 Å². The van der Waals surface area contributed by atoms with Gasteiger partial charge in [0, 0.05) is 12.1 Å². The highest BCUT2D eigenvalue weighted by atomic mass is 31.2. The Morgan fingerprint density at radius 3 is 2.58 bits per heavy atom. The summed E-state index contributed by atoms with van der Waals surface area (Å²) in [4.78, 5) is 0. The van der Waals surface area contributed by atoms with Crippen LogP contribution in [-0.4, -0.2) is 22.9 Å². The Morgan fingerprint density at radius 1 is 1.42 bits per heavy atom. The van der Waals surface area contributed by atoms with E-state index in [1.165, 1.54) is 0 Å². The fourth-order valence-corrected chi connectivity index (χ4v) is 5.58. The highest BCUT2D eigenvalue weighted by molar-refractivity contribution is 7.57. The lowest BCUT2D eigenvalue weighted by molar-refractivity contribution is 0.197. The van der Waals surface area contributed by atoms with E-state index in [0.717, 1.165) is 5.56 Å². The van der Waals surface area contributed by atoms with E-state index in [9.17, 15) is 4.57 Å². The molecule has 1 aromatic carbocycles. The Bertz CT molecular complexity index is 486. The number of allylic oxidation sites excluding steroid dienone is 1. The second-order valence-electron chi connectivity index (χ2n) is 5.26. The predicted octanol–water partition coefficient (Wildman–Crippen LogP) is 4.24. The van der Waals surface area contributed by atoms with Crippen molar-refractivity contribution in [2.45, 2.75) is 39.0 Å². The Labute approximate surface area is 115 Å². The van der Waals surface area contributed by atoms with E-state index >= 15 is 0 Å². The van der Waals surface area contributed by atoms with Gasteiger partial charge in [-0.15, -0.1) is 6.58 Å². The first-order valence-corrected chi connectivity index (χ1v) is 8.48. The summed E-state index contributed by atoms with van der Waals surface area (Å²) in [5.41, 5.74) is 1.09. The second-order valence-corrected chi connectivity index (χ2v) is 7.57. The van der Waals surface area contributed by atoms with Crippen molar-refractivity contribution in [3.8, 4) is 0 Å². The highest BCUT2D eigenvalue weighted by Crippen LogP contribution is 2.63. The molecule has 0 aliphatic carbocycles. The maximum absolute atomic E-state index is 13.0. The first kappa shape index (κ1) is 14.5. The fourth-order valence-electron chi connectivity index (χ4n) is 2.84. The molecule has 104 valence electrons. The van der Waals surface area contributed by atoms with Crippen molar-refractivity contribution >= 4 is 7.52 Å². The number of rotatable bonds is 4. The third-order valence-electron chi connectivity index (χ3n) is 3.50. The molecule has 1 fully saturated rings. The Balaban J connectivity index is 2.36. The van der Waals surface area contributed by atoms with Gasteiger partial charge in [-0.3, -0.25) is 4.57 Å². The van der Waals surface area contributed by atoms with Crippen molar-refractivity contribution in [3.63, 3.8) is 0 Å². The van der Waals surface area contributed by atoms with Crippen molar-refractivity contribution in [2.75, 3.05) is 6.16 Å². The van der Waals surface area contributed by atoms with Crippen LogP contribution in [0, 0.1) is 0 Å². The summed E-state index contributed by atoms with van der Waals surface area (Å²) in [5.74, 6) is 0. The summed E-state index contributed by atoms with van der Waals surface area (Å²) < 4.78 is 21.0. The Morgan fingerprint density at radius 2 is 2.05 bits per heavy atom. The zero-order chi connectivity index (χ0) is 14.0. The lowest BCUT2D eigenvalue weighted by atomic mass is 10.0. The van der Waals surface area contributed by atoms with Gasteiger partial charge in [-0.1, -0.05) is 36.4 Å². The van der Waals surface area contributed by atoms with Crippen LogP contribution in [0.1, 0.15) is 32.4 Å². The van der Waals surface area contributed by atoms with Crippen molar-refractivity contribution in [3.05, 3.63) is 48.6 Å². The SMILES string of the molecule is C=CCP1(=O)OC(c2ccccc2)C(C)N1C(C)C. The van der Waals surface area contributed by atoms with Gasteiger partial charge in [-0.2, -0.15) is 0 Å². The van der Waals surface area contributed by atoms with E-state index in [-0.39, 0.29) is 18.2 Å². The number of hydrogen-bond acceptors (Lipinski definition) is 2. The quantitative estimate of drug-likeness (QED) is 0.610. The van der Waals surface area contributed by atoms with Crippen LogP contribution in [-0.2, 0) is 9.09 Å². The minimum atomic E-state index is -2.80. The molecule has 1 saturated heterocycles. The molecular formula is C15H22NO2P. The highest BCUT2D eigenvalue weighted by Gasteiger charge is 2.48. The first-order valence-electron chi connectivity index (χ1n) is 6.71. The molecule has 3 atom stereocenters. The van der Waals surface area contributed by atoms with Crippen LogP contribution >= 0.6 is 7.52 Å². The molecule has 3 unspecified atom stereocenters. The number of benzene rings is 1. The summed E-state index contributed by atoms with van der Waals surface area (Å²) >= 11 is 0. The standard InChI is InChI=1S/C15H22NO2P/c1-5-11-19(17)16(12(2)3)13(4)15(18-19)14-9-7-6-8-10-14/h5-10,12-13,15H,1,11H2,2-4H3. The van der Waals surface area contributed by atoms with E-state index in [0.29, 0.717) is 6.16 Å². The molecule has 1 aliphatic heterocycles. The van der Waals surface area contributed by atoms with Crippen LogP contribution in [0.5, 0.6) is 0 Å². The van der Waals surface area contributed by atoms with Crippen molar-refractivity contribution in [2.24, 2.45) is 0 Å². The molecule has 0 radical (unpaired) electrons. The first-order chi connectivity index (χ1) is 8.99. The van der Waals surface area contributed by atoms with Gasteiger partial charge in [0.05, 0.1) is 6.16 Å². The molecule has 0 N–H and O–H groups in total. The third kappa shape index (κ3) is 2.69. The van der Waals surface area contributed by atoms with Gasteiger partial charge in [-0.05, 0) is 26.3 Å². The normalized spacial score (nSPS) is 31.8. The van der Waals surface area contributed by atoms with Crippen LogP contribution in [0.4, 0.5) is 0 Å². The average molecular weight is 279 g/mol. The molecule has 1 aromatic rings. The molecule has 19 heavy (non-hydrogen) atoms. The Kier molecular flexibility index (Phi) is 4.29. The van der Waals surface area contributed by atoms with Gasteiger partial charge in [-0.25, -0.2) is 4.67 Å². The maximum Gasteiger partial charge on any atom is 0.277 e.